The van der Waals surface area contributed by atoms with E-state index >= 15 is 0 Å². The molecule has 17 heavy (non-hydrogen) atoms. The molecular formula is C14H28N2O. The van der Waals surface area contributed by atoms with Crippen LogP contribution in [-0.2, 0) is 4.74 Å². The van der Waals surface area contributed by atoms with Crippen LogP contribution in [-0.4, -0.2) is 49.8 Å². The molecule has 1 aliphatic rings. The maximum absolute atomic E-state index is 5.92. The lowest BCUT2D eigenvalue weighted by molar-refractivity contribution is -0.0458. The van der Waals surface area contributed by atoms with E-state index in [9.17, 15) is 0 Å². The van der Waals surface area contributed by atoms with Crippen LogP contribution in [0.1, 0.15) is 33.6 Å². The van der Waals surface area contributed by atoms with Gasteiger partial charge in [-0.25, -0.2) is 0 Å². The zero-order valence-electron chi connectivity index (χ0n) is 11.7. The minimum Gasteiger partial charge on any atom is -0.374 e. The van der Waals surface area contributed by atoms with Gasteiger partial charge in [-0.3, -0.25) is 4.90 Å². The molecule has 1 aliphatic heterocycles. The van der Waals surface area contributed by atoms with Crippen molar-refractivity contribution in [3.63, 3.8) is 0 Å². The van der Waals surface area contributed by atoms with E-state index in [1.165, 1.54) is 5.57 Å². The Bertz CT molecular complexity index is 230. The molecule has 2 unspecified atom stereocenters. The Morgan fingerprint density at radius 1 is 1.53 bits per heavy atom. The third-order valence-electron chi connectivity index (χ3n) is 3.42. The lowest BCUT2D eigenvalue weighted by atomic mass is 10.0. The number of nitrogens with one attached hydrogen (secondary N) is 1. The first-order valence-corrected chi connectivity index (χ1v) is 6.89. The summed E-state index contributed by atoms with van der Waals surface area (Å²) < 4.78 is 5.92. The van der Waals surface area contributed by atoms with Crippen molar-refractivity contribution in [1.82, 2.24) is 10.2 Å². The van der Waals surface area contributed by atoms with E-state index in [0.717, 1.165) is 45.6 Å². The molecule has 0 spiro atoms. The second-order valence-electron chi connectivity index (χ2n) is 4.96. The van der Waals surface area contributed by atoms with Gasteiger partial charge in [0.1, 0.15) is 0 Å². The Morgan fingerprint density at radius 3 is 2.88 bits per heavy atom. The van der Waals surface area contributed by atoms with Gasteiger partial charge in [-0.1, -0.05) is 19.4 Å². The Kier molecular flexibility index (Phi) is 6.78. The first kappa shape index (κ1) is 14.7. The van der Waals surface area contributed by atoms with Gasteiger partial charge in [0, 0.05) is 19.1 Å². The van der Waals surface area contributed by atoms with Crippen molar-refractivity contribution in [3.8, 4) is 0 Å². The molecule has 0 radical (unpaired) electrons. The summed E-state index contributed by atoms with van der Waals surface area (Å²) >= 11 is 0. The van der Waals surface area contributed by atoms with Gasteiger partial charge >= 0.3 is 0 Å². The lowest BCUT2D eigenvalue weighted by Crippen LogP contribution is -2.52. The maximum Gasteiger partial charge on any atom is 0.0855 e. The predicted molar refractivity (Wildman–Crippen MR) is 73.4 cm³/mol. The minimum atomic E-state index is 0.336. The Labute approximate surface area is 106 Å². The van der Waals surface area contributed by atoms with Crippen molar-refractivity contribution in [3.05, 3.63) is 12.2 Å². The first-order valence-electron chi connectivity index (χ1n) is 6.89. The van der Waals surface area contributed by atoms with Crippen molar-refractivity contribution in [2.45, 2.75) is 45.8 Å². The average molecular weight is 240 g/mol. The number of morpholine rings is 1. The van der Waals surface area contributed by atoms with Crippen LogP contribution in [0.2, 0.25) is 0 Å². The summed E-state index contributed by atoms with van der Waals surface area (Å²) in [6, 6.07) is 0.464. The fraction of sp³-hybridized carbons (Fsp3) is 0.857. The fourth-order valence-corrected chi connectivity index (χ4v) is 2.35. The molecule has 1 rings (SSSR count). The van der Waals surface area contributed by atoms with Crippen LogP contribution in [0.5, 0.6) is 0 Å². The van der Waals surface area contributed by atoms with Crippen molar-refractivity contribution >= 4 is 0 Å². The zero-order valence-corrected chi connectivity index (χ0v) is 11.7. The Hall–Kier alpha value is -0.380. The predicted octanol–water partition coefficient (Wildman–Crippen LogP) is 2.04. The number of rotatable bonds is 7. The molecule has 3 nitrogen and oxygen atoms in total. The van der Waals surface area contributed by atoms with E-state index in [0.29, 0.717) is 12.1 Å². The standard InChI is InChI=1S/C14H28N2O/c1-5-15-13(8-7-12(3)4)14-11-16(6-2)9-10-17-14/h13-15H,3,5-11H2,1-2,4H3. The molecule has 2 atom stereocenters. The van der Waals surface area contributed by atoms with E-state index < -0.39 is 0 Å². The van der Waals surface area contributed by atoms with Crippen LogP contribution in [0, 0.1) is 0 Å². The molecule has 3 heteroatoms. The summed E-state index contributed by atoms with van der Waals surface area (Å²) in [6.07, 6.45) is 2.55. The molecule has 0 aromatic rings. The van der Waals surface area contributed by atoms with Crippen LogP contribution in [0.25, 0.3) is 0 Å². The second-order valence-corrected chi connectivity index (χ2v) is 4.96. The Morgan fingerprint density at radius 2 is 2.29 bits per heavy atom. The summed E-state index contributed by atoms with van der Waals surface area (Å²) in [7, 11) is 0. The van der Waals surface area contributed by atoms with Crippen molar-refractivity contribution in [2.24, 2.45) is 0 Å². The highest BCUT2D eigenvalue weighted by Gasteiger charge is 2.26. The summed E-state index contributed by atoms with van der Waals surface area (Å²) in [4.78, 5) is 2.47. The highest BCUT2D eigenvalue weighted by atomic mass is 16.5. The number of hydrogen-bond donors (Lipinski definition) is 1. The molecular weight excluding hydrogens is 212 g/mol. The van der Waals surface area contributed by atoms with Crippen LogP contribution < -0.4 is 5.32 Å². The van der Waals surface area contributed by atoms with Gasteiger partial charge in [0.25, 0.3) is 0 Å². The number of hydrogen-bond acceptors (Lipinski definition) is 3. The van der Waals surface area contributed by atoms with Gasteiger partial charge < -0.3 is 10.1 Å². The minimum absolute atomic E-state index is 0.336. The normalized spacial score (nSPS) is 23.6. The molecule has 0 saturated carbocycles. The van der Waals surface area contributed by atoms with E-state index in [2.05, 4.69) is 37.6 Å². The molecule has 100 valence electrons. The maximum atomic E-state index is 5.92. The Balaban J connectivity index is 2.46. The summed E-state index contributed by atoms with van der Waals surface area (Å²) in [5.41, 5.74) is 1.26. The van der Waals surface area contributed by atoms with Crippen LogP contribution >= 0.6 is 0 Å². The van der Waals surface area contributed by atoms with E-state index in [1.807, 2.05) is 0 Å². The molecule has 1 N–H and O–H groups in total. The molecule has 1 heterocycles. The van der Waals surface area contributed by atoms with Crippen LogP contribution in [0.15, 0.2) is 12.2 Å². The smallest absolute Gasteiger partial charge is 0.0855 e. The molecule has 0 bridgehead atoms. The van der Waals surface area contributed by atoms with Crippen molar-refractivity contribution < 1.29 is 4.74 Å². The summed E-state index contributed by atoms with van der Waals surface area (Å²) in [5.74, 6) is 0. The third-order valence-corrected chi connectivity index (χ3v) is 3.42. The van der Waals surface area contributed by atoms with Gasteiger partial charge in [0.2, 0.25) is 0 Å². The largest absolute Gasteiger partial charge is 0.374 e. The quantitative estimate of drug-likeness (QED) is 0.689. The summed E-state index contributed by atoms with van der Waals surface area (Å²) in [6.45, 7) is 15.6. The zero-order chi connectivity index (χ0) is 12.7. The van der Waals surface area contributed by atoms with Crippen molar-refractivity contribution in [1.29, 1.82) is 0 Å². The van der Waals surface area contributed by atoms with E-state index in [1.54, 1.807) is 0 Å². The third kappa shape index (κ3) is 5.19. The lowest BCUT2D eigenvalue weighted by Gasteiger charge is -2.37. The van der Waals surface area contributed by atoms with Crippen LogP contribution in [0.3, 0.4) is 0 Å². The number of likely N-dealkylation sites (N-methyl/N-ethyl adjacent to an activating group) is 2. The van der Waals surface area contributed by atoms with E-state index in [-0.39, 0.29) is 0 Å². The highest BCUT2D eigenvalue weighted by molar-refractivity contribution is 4.92. The first-order chi connectivity index (χ1) is 8.17. The van der Waals surface area contributed by atoms with Gasteiger partial charge in [-0.2, -0.15) is 0 Å². The molecule has 0 amide bonds. The van der Waals surface area contributed by atoms with Crippen LogP contribution in [0.4, 0.5) is 0 Å². The number of allylic oxidation sites excluding steroid dienone is 1. The van der Waals surface area contributed by atoms with Gasteiger partial charge in [0.15, 0.2) is 0 Å². The van der Waals surface area contributed by atoms with E-state index in [4.69, 9.17) is 4.74 Å². The SMILES string of the molecule is C=C(C)CCC(NCC)C1CN(CC)CCO1. The number of ether oxygens (including phenoxy) is 1. The molecule has 0 aromatic heterocycles. The molecule has 0 aliphatic carbocycles. The fourth-order valence-electron chi connectivity index (χ4n) is 2.35. The van der Waals surface area contributed by atoms with Gasteiger partial charge in [-0.15, -0.1) is 6.58 Å². The molecule has 0 aromatic carbocycles. The highest BCUT2D eigenvalue weighted by Crippen LogP contribution is 2.14. The number of nitrogens with zero attached hydrogens (tertiary/aromatic N) is 1. The topological polar surface area (TPSA) is 24.5 Å². The van der Waals surface area contributed by atoms with Crippen molar-refractivity contribution in [2.75, 3.05) is 32.8 Å². The van der Waals surface area contributed by atoms with Gasteiger partial charge in [0.05, 0.1) is 12.7 Å². The second kappa shape index (κ2) is 7.85. The average Bonchev–Trinajstić information content (AvgIpc) is 2.34. The molecule has 1 saturated heterocycles. The summed E-state index contributed by atoms with van der Waals surface area (Å²) in [5, 5.41) is 3.56. The molecule has 1 fully saturated rings. The monoisotopic (exact) mass is 240 g/mol. The van der Waals surface area contributed by atoms with Gasteiger partial charge in [-0.05, 0) is 32.9 Å².